The van der Waals surface area contributed by atoms with Crippen LogP contribution in [0, 0.1) is 5.92 Å². The zero-order valence-electron chi connectivity index (χ0n) is 12.0. The van der Waals surface area contributed by atoms with Gasteiger partial charge in [-0.15, -0.1) is 0 Å². The molecule has 1 aliphatic rings. The van der Waals surface area contributed by atoms with E-state index in [9.17, 15) is 8.42 Å². The smallest absolute Gasteiger partial charge is 0.279 e. The van der Waals surface area contributed by atoms with Crippen LogP contribution in [0.5, 0.6) is 0 Å². The van der Waals surface area contributed by atoms with Crippen LogP contribution in [0.4, 0.5) is 0 Å². The summed E-state index contributed by atoms with van der Waals surface area (Å²) in [6.07, 6.45) is 2.04. The van der Waals surface area contributed by atoms with E-state index in [0.717, 1.165) is 19.4 Å². The Balaban J connectivity index is 2.51. The maximum atomic E-state index is 11.9. The van der Waals surface area contributed by atoms with Crippen molar-refractivity contribution in [2.24, 2.45) is 5.92 Å². The predicted molar refractivity (Wildman–Crippen MR) is 74.6 cm³/mol. The highest BCUT2D eigenvalue weighted by Crippen LogP contribution is 2.18. The third kappa shape index (κ3) is 5.22. The van der Waals surface area contributed by atoms with E-state index >= 15 is 0 Å². The summed E-state index contributed by atoms with van der Waals surface area (Å²) in [7, 11) is -3.26. The molecule has 108 valence electrons. The van der Waals surface area contributed by atoms with Gasteiger partial charge in [0.1, 0.15) is 0 Å². The molecule has 0 amide bonds. The number of nitrogens with one attached hydrogen (secondary N) is 2. The fraction of sp³-hybridized carbons (Fsp3) is 1.00. The van der Waals surface area contributed by atoms with Crippen molar-refractivity contribution in [2.75, 3.05) is 26.2 Å². The summed E-state index contributed by atoms with van der Waals surface area (Å²) in [5.41, 5.74) is 0.0861. The summed E-state index contributed by atoms with van der Waals surface area (Å²) >= 11 is 0. The summed E-state index contributed by atoms with van der Waals surface area (Å²) in [6, 6.07) is 0. The molecular weight excluding hydrogens is 250 g/mol. The first-order chi connectivity index (χ1) is 8.24. The molecule has 1 aliphatic heterocycles. The molecule has 1 rings (SSSR count). The first-order valence-electron chi connectivity index (χ1n) is 6.74. The Labute approximate surface area is 112 Å². The Hall–Kier alpha value is -0.170. The lowest BCUT2D eigenvalue weighted by molar-refractivity contribution is 0.243. The lowest BCUT2D eigenvalue weighted by atomic mass is 9.98. The van der Waals surface area contributed by atoms with Crippen LogP contribution in [0.3, 0.4) is 0 Å². The quantitative estimate of drug-likeness (QED) is 0.786. The second-order valence-corrected chi connectivity index (χ2v) is 7.76. The van der Waals surface area contributed by atoms with Gasteiger partial charge >= 0.3 is 0 Å². The van der Waals surface area contributed by atoms with Gasteiger partial charge in [-0.3, -0.25) is 0 Å². The van der Waals surface area contributed by atoms with Crippen LogP contribution in [-0.4, -0.2) is 44.4 Å². The average molecular weight is 277 g/mol. The second-order valence-electron chi connectivity index (χ2n) is 6.00. The standard InChI is InChI=1S/C12H27N3O2S/c1-5-14-18(16,17)15-8-6-7-11(10-15)9-13-12(2,3)4/h11,13-14H,5-10H2,1-4H3. The van der Waals surface area contributed by atoms with Crippen LogP contribution in [0.2, 0.25) is 0 Å². The highest BCUT2D eigenvalue weighted by Gasteiger charge is 2.28. The molecule has 0 radical (unpaired) electrons. The van der Waals surface area contributed by atoms with Crippen molar-refractivity contribution < 1.29 is 8.42 Å². The van der Waals surface area contributed by atoms with Crippen LogP contribution in [0.15, 0.2) is 0 Å². The van der Waals surface area contributed by atoms with E-state index < -0.39 is 10.2 Å². The van der Waals surface area contributed by atoms with E-state index in [-0.39, 0.29) is 5.54 Å². The Morgan fingerprint density at radius 1 is 1.33 bits per heavy atom. The van der Waals surface area contributed by atoms with E-state index in [1.54, 1.807) is 11.2 Å². The molecule has 2 N–H and O–H groups in total. The summed E-state index contributed by atoms with van der Waals surface area (Å²) in [6.45, 7) is 10.8. The molecule has 0 aromatic rings. The number of rotatable bonds is 5. The monoisotopic (exact) mass is 277 g/mol. The third-order valence-electron chi connectivity index (χ3n) is 3.07. The maximum absolute atomic E-state index is 11.9. The normalized spacial score (nSPS) is 23.2. The predicted octanol–water partition coefficient (Wildman–Crippen LogP) is 0.941. The first-order valence-corrected chi connectivity index (χ1v) is 8.18. The number of piperidine rings is 1. The number of nitrogens with zero attached hydrogens (tertiary/aromatic N) is 1. The topological polar surface area (TPSA) is 61.4 Å². The van der Waals surface area contributed by atoms with Gasteiger partial charge in [0, 0.05) is 25.2 Å². The van der Waals surface area contributed by atoms with E-state index in [2.05, 4.69) is 30.8 Å². The maximum Gasteiger partial charge on any atom is 0.279 e. The molecule has 0 aromatic heterocycles. The Morgan fingerprint density at radius 3 is 2.56 bits per heavy atom. The van der Waals surface area contributed by atoms with Gasteiger partial charge in [-0.2, -0.15) is 12.7 Å². The summed E-state index contributed by atoms with van der Waals surface area (Å²) in [5.74, 6) is 0.409. The van der Waals surface area contributed by atoms with E-state index in [0.29, 0.717) is 25.6 Å². The largest absolute Gasteiger partial charge is 0.312 e. The molecule has 0 spiro atoms. The SMILES string of the molecule is CCNS(=O)(=O)N1CCCC(CNC(C)(C)C)C1. The fourth-order valence-corrected chi connectivity index (χ4v) is 3.46. The van der Waals surface area contributed by atoms with Crippen LogP contribution in [0.25, 0.3) is 0 Å². The molecule has 0 aromatic carbocycles. The summed E-state index contributed by atoms with van der Waals surface area (Å²) in [5, 5.41) is 3.45. The van der Waals surface area contributed by atoms with Crippen molar-refractivity contribution in [3.05, 3.63) is 0 Å². The van der Waals surface area contributed by atoms with Crippen LogP contribution < -0.4 is 10.0 Å². The Morgan fingerprint density at radius 2 is 2.00 bits per heavy atom. The second kappa shape index (κ2) is 6.32. The zero-order chi connectivity index (χ0) is 13.8. The summed E-state index contributed by atoms with van der Waals surface area (Å²) in [4.78, 5) is 0. The van der Waals surface area contributed by atoms with Gasteiger partial charge in [0.2, 0.25) is 0 Å². The van der Waals surface area contributed by atoms with Crippen molar-refractivity contribution >= 4 is 10.2 Å². The van der Waals surface area contributed by atoms with Crippen LogP contribution >= 0.6 is 0 Å². The molecular formula is C12H27N3O2S. The Bertz CT molecular complexity index is 349. The van der Waals surface area contributed by atoms with Gasteiger partial charge < -0.3 is 5.32 Å². The highest BCUT2D eigenvalue weighted by atomic mass is 32.2. The average Bonchev–Trinajstić information content (AvgIpc) is 2.26. The molecule has 6 heteroatoms. The van der Waals surface area contributed by atoms with Gasteiger partial charge in [0.05, 0.1) is 0 Å². The van der Waals surface area contributed by atoms with E-state index in [1.165, 1.54) is 0 Å². The highest BCUT2D eigenvalue weighted by molar-refractivity contribution is 7.87. The lowest BCUT2D eigenvalue weighted by Crippen LogP contribution is -2.49. The van der Waals surface area contributed by atoms with E-state index in [1.807, 2.05) is 0 Å². The third-order valence-corrected chi connectivity index (χ3v) is 4.73. The molecule has 5 nitrogen and oxygen atoms in total. The molecule has 1 fully saturated rings. The minimum absolute atomic E-state index is 0.0861. The minimum Gasteiger partial charge on any atom is -0.312 e. The van der Waals surface area contributed by atoms with Gasteiger partial charge in [-0.1, -0.05) is 6.92 Å². The fourth-order valence-electron chi connectivity index (χ4n) is 2.14. The van der Waals surface area contributed by atoms with Crippen molar-refractivity contribution in [2.45, 2.75) is 46.1 Å². The van der Waals surface area contributed by atoms with Crippen molar-refractivity contribution in [3.8, 4) is 0 Å². The van der Waals surface area contributed by atoms with Gasteiger partial charge in [-0.05, 0) is 46.1 Å². The van der Waals surface area contributed by atoms with Crippen molar-refractivity contribution in [1.82, 2.24) is 14.3 Å². The number of hydrogen-bond donors (Lipinski definition) is 2. The molecule has 0 aliphatic carbocycles. The van der Waals surface area contributed by atoms with Crippen LogP contribution in [-0.2, 0) is 10.2 Å². The van der Waals surface area contributed by atoms with Crippen molar-refractivity contribution in [1.29, 1.82) is 0 Å². The minimum atomic E-state index is -3.26. The Kier molecular flexibility index (Phi) is 5.58. The van der Waals surface area contributed by atoms with Gasteiger partial charge in [0.15, 0.2) is 0 Å². The molecule has 1 saturated heterocycles. The first kappa shape index (κ1) is 15.9. The molecule has 18 heavy (non-hydrogen) atoms. The number of hydrogen-bond acceptors (Lipinski definition) is 3. The van der Waals surface area contributed by atoms with E-state index in [4.69, 9.17) is 0 Å². The zero-order valence-corrected chi connectivity index (χ0v) is 12.8. The van der Waals surface area contributed by atoms with Crippen LogP contribution in [0.1, 0.15) is 40.5 Å². The van der Waals surface area contributed by atoms with Crippen molar-refractivity contribution in [3.63, 3.8) is 0 Å². The van der Waals surface area contributed by atoms with Gasteiger partial charge in [-0.25, -0.2) is 4.72 Å². The molecule has 1 atom stereocenters. The van der Waals surface area contributed by atoms with Gasteiger partial charge in [0.25, 0.3) is 10.2 Å². The molecule has 0 saturated carbocycles. The molecule has 0 bridgehead atoms. The summed E-state index contributed by atoms with van der Waals surface area (Å²) < 4.78 is 28.0. The molecule has 1 heterocycles. The lowest BCUT2D eigenvalue weighted by Gasteiger charge is -2.33. The molecule has 1 unspecified atom stereocenters.